The number of methoxy groups -OCH3 is 1. The highest BCUT2D eigenvalue weighted by atomic mass is 16.5. The van der Waals surface area contributed by atoms with Crippen molar-refractivity contribution in [2.45, 2.75) is 32.6 Å². The topological polar surface area (TPSA) is 32.8 Å². The first-order chi connectivity index (χ1) is 10.1. The van der Waals surface area contributed by atoms with Gasteiger partial charge < -0.3 is 14.5 Å². The monoisotopic (exact) mass is 292 g/mol. The third-order valence-electron chi connectivity index (χ3n) is 5.58. The van der Waals surface area contributed by atoms with E-state index in [0.29, 0.717) is 11.3 Å². The van der Waals surface area contributed by atoms with Gasteiger partial charge in [-0.2, -0.15) is 0 Å². The highest BCUT2D eigenvalue weighted by Crippen LogP contribution is 2.43. The molecule has 3 rings (SSSR count). The second-order valence-corrected chi connectivity index (χ2v) is 7.46. The molecule has 4 nitrogen and oxygen atoms in total. The number of ether oxygens (including phenoxy) is 1. The molecule has 1 atom stereocenters. The molecular weight excluding hydrogens is 264 g/mol. The molecule has 2 fully saturated rings. The Morgan fingerprint density at radius 3 is 2.71 bits per heavy atom. The fraction of sp³-hybridized carbons (Fsp3) is 0.824. The van der Waals surface area contributed by atoms with Crippen molar-refractivity contribution in [2.75, 3.05) is 46.4 Å². The number of hydrogen-bond donors (Lipinski definition) is 0. The Morgan fingerprint density at radius 1 is 1.24 bits per heavy atom. The number of hydrogen-bond acceptors (Lipinski definition) is 3. The number of rotatable bonds is 4. The quantitative estimate of drug-likeness (QED) is 0.742. The van der Waals surface area contributed by atoms with Gasteiger partial charge in [-0.25, -0.2) is 0 Å². The van der Waals surface area contributed by atoms with Crippen LogP contribution in [0, 0.1) is 10.8 Å². The predicted octanol–water partition coefficient (Wildman–Crippen LogP) is 1.91. The van der Waals surface area contributed by atoms with Gasteiger partial charge in [0.1, 0.15) is 0 Å². The number of carbonyl (C=O) groups is 1. The first-order valence-corrected chi connectivity index (χ1v) is 8.23. The van der Waals surface area contributed by atoms with E-state index >= 15 is 0 Å². The first kappa shape index (κ1) is 15.0. The first-order valence-electron chi connectivity index (χ1n) is 8.23. The summed E-state index contributed by atoms with van der Waals surface area (Å²) in [5, 5.41) is 0. The van der Waals surface area contributed by atoms with Gasteiger partial charge in [-0.1, -0.05) is 19.1 Å². The van der Waals surface area contributed by atoms with Crippen molar-refractivity contribution in [1.29, 1.82) is 0 Å². The fourth-order valence-electron chi connectivity index (χ4n) is 4.15. The predicted molar refractivity (Wildman–Crippen MR) is 83.0 cm³/mol. The Balaban J connectivity index is 1.51. The largest absolute Gasteiger partial charge is 0.383 e. The van der Waals surface area contributed by atoms with Gasteiger partial charge in [-0.05, 0) is 32.2 Å². The molecule has 1 aliphatic carbocycles. The molecule has 0 radical (unpaired) electrons. The molecule has 21 heavy (non-hydrogen) atoms. The maximum absolute atomic E-state index is 12.8. The lowest BCUT2D eigenvalue weighted by molar-refractivity contribution is -0.153. The summed E-state index contributed by atoms with van der Waals surface area (Å²) in [4.78, 5) is 17.3. The van der Waals surface area contributed by atoms with Crippen molar-refractivity contribution in [3.8, 4) is 0 Å². The summed E-state index contributed by atoms with van der Waals surface area (Å²) in [5.41, 5.74) is 0.231. The second kappa shape index (κ2) is 5.73. The third-order valence-corrected chi connectivity index (χ3v) is 5.58. The molecule has 2 saturated heterocycles. The summed E-state index contributed by atoms with van der Waals surface area (Å²) in [6.07, 6.45) is 8.58. The maximum Gasteiger partial charge on any atom is 0.228 e. The summed E-state index contributed by atoms with van der Waals surface area (Å²) in [5.74, 6) is 0.382. The summed E-state index contributed by atoms with van der Waals surface area (Å²) < 4.78 is 5.16. The van der Waals surface area contributed by atoms with E-state index in [1.54, 1.807) is 7.11 Å². The van der Waals surface area contributed by atoms with Crippen LogP contribution in [0.5, 0.6) is 0 Å². The third kappa shape index (κ3) is 2.88. The Kier molecular flexibility index (Phi) is 4.10. The van der Waals surface area contributed by atoms with Crippen molar-refractivity contribution in [3.63, 3.8) is 0 Å². The van der Waals surface area contributed by atoms with Crippen molar-refractivity contribution >= 4 is 5.91 Å². The van der Waals surface area contributed by atoms with E-state index in [1.807, 2.05) is 0 Å². The van der Waals surface area contributed by atoms with Gasteiger partial charge >= 0.3 is 0 Å². The number of nitrogens with zero attached hydrogens (tertiary/aromatic N) is 2. The van der Waals surface area contributed by atoms with E-state index < -0.39 is 0 Å². The van der Waals surface area contributed by atoms with Crippen molar-refractivity contribution in [3.05, 3.63) is 12.2 Å². The summed E-state index contributed by atoms with van der Waals surface area (Å²) in [6, 6.07) is 0. The zero-order valence-corrected chi connectivity index (χ0v) is 13.4. The van der Waals surface area contributed by atoms with E-state index in [4.69, 9.17) is 4.74 Å². The van der Waals surface area contributed by atoms with Gasteiger partial charge in [-0.3, -0.25) is 4.79 Å². The number of likely N-dealkylation sites (tertiary alicyclic amines) is 2. The molecule has 2 heterocycles. The van der Waals surface area contributed by atoms with Crippen molar-refractivity contribution in [2.24, 2.45) is 10.8 Å². The number of amides is 1. The van der Waals surface area contributed by atoms with Crippen LogP contribution in [-0.2, 0) is 9.53 Å². The molecule has 1 spiro atoms. The molecule has 3 aliphatic rings. The normalized spacial score (nSPS) is 31.6. The summed E-state index contributed by atoms with van der Waals surface area (Å²) in [6.45, 7) is 8.20. The minimum absolute atomic E-state index is 0.148. The van der Waals surface area contributed by atoms with Gasteiger partial charge in [0.2, 0.25) is 5.91 Å². The molecule has 0 aromatic carbocycles. The van der Waals surface area contributed by atoms with E-state index in [-0.39, 0.29) is 5.41 Å². The molecular formula is C17H28N2O2. The lowest BCUT2D eigenvalue weighted by Crippen LogP contribution is -2.62. The van der Waals surface area contributed by atoms with Crippen LogP contribution in [0.3, 0.4) is 0 Å². The Hall–Kier alpha value is -0.870. The Bertz CT molecular complexity index is 429. The molecule has 4 heteroatoms. The molecule has 0 bridgehead atoms. The smallest absolute Gasteiger partial charge is 0.228 e. The van der Waals surface area contributed by atoms with Crippen molar-refractivity contribution < 1.29 is 9.53 Å². The van der Waals surface area contributed by atoms with Crippen molar-refractivity contribution in [1.82, 2.24) is 9.80 Å². The molecule has 2 aliphatic heterocycles. The molecule has 0 N–H and O–H groups in total. The molecule has 0 aromatic rings. The highest BCUT2D eigenvalue weighted by molar-refractivity contribution is 5.83. The maximum atomic E-state index is 12.8. The van der Waals surface area contributed by atoms with Gasteiger partial charge in [0, 0.05) is 38.7 Å². The van der Waals surface area contributed by atoms with Gasteiger partial charge in [0.05, 0.1) is 12.0 Å². The average Bonchev–Trinajstić information content (AvgIpc) is 2.88. The Morgan fingerprint density at radius 2 is 2.05 bits per heavy atom. The minimum atomic E-state index is -0.148. The Labute approximate surface area is 128 Å². The molecule has 0 aromatic heterocycles. The SMILES string of the molecule is COCCN1CCC2(C1)CN(C(=O)C1(C)CC=CCC1)C2. The zero-order valence-electron chi connectivity index (χ0n) is 13.4. The standard InChI is InChI=1S/C17H28N2O2/c1-16(6-4-3-5-7-16)15(20)19-13-17(14-19)8-9-18(12-17)10-11-21-2/h3-4H,5-14H2,1-2H3. The number of carbonyl (C=O) groups excluding carboxylic acids is 1. The molecule has 118 valence electrons. The van der Waals surface area contributed by atoms with Crippen LogP contribution >= 0.6 is 0 Å². The molecule has 1 amide bonds. The van der Waals surface area contributed by atoms with E-state index in [9.17, 15) is 4.79 Å². The lowest BCUT2D eigenvalue weighted by Gasteiger charge is -2.51. The second-order valence-electron chi connectivity index (χ2n) is 7.46. The van der Waals surface area contributed by atoms with E-state index in [0.717, 1.165) is 58.6 Å². The van der Waals surface area contributed by atoms with E-state index in [1.165, 1.54) is 6.42 Å². The van der Waals surface area contributed by atoms with Crippen LogP contribution < -0.4 is 0 Å². The van der Waals surface area contributed by atoms with Crippen LogP contribution in [0.4, 0.5) is 0 Å². The minimum Gasteiger partial charge on any atom is -0.383 e. The zero-order chi connectivity index (χ0) is 14.9. The van der Waals surface area contributed by atoms with Crippen LogP contribution in [-0.4, -0.2) is 62.1 Å². The van der Waals surface area contributed by atoms with Gasteiger partial charge in [-0.15, -0.1) is 0 Å². The molecule has 0 saturated carbocycles. The lowest BCUT2D eigenvalue weighted by atomic mass is 9.73. The van der Waals surface area contributed by atoms with Crippen LogP contribution in [0.25, 0.3) is 0 Å². The summed E-state index contributed by atoms with van der Waals surface area (Å²) >= 11 is 0. The number of allylic oxidation sites excluding steroid dienone is 2. The van der Waals surface area contributed by atoms with Gasteiger partial charge in [0.15, 0.2) is 0 Å². The van der Waals surface area contributed by atoms with E-state index in [2.05, 4.69) is 28.9 Å². The fourth-order valence-corrected chi connectivity index (χ4v) is 4.15. The van der Waals surface area contributed by atoms with Crippen LogP contribution in [0.15, 0.2) is 12.2 Å². The van der Waals surface area contributed by atoms with Crippen LogP contribution in [0.1, 0.15) is 32.6 Å². The summed E-state index contributed by atoms with van der Waals surface area (Å²) in [7, 11) is 1.76. The van der Waals surface area contributed by atoms with Crippen LogP contribution in [0.2, 0.25) is 0 Å². The highest BCUT2D eigenvalue weighted by Gasteiger charge is 2.51. The molecule has 1 unspecified atom stereocenters. The van der Waals surface area contributed by atoms with Gasteiger partial charge in [0.25, 0.3) is 0 Å². The average molecular weight is 292 g/mol.